The van der Waals surface area contributed by atoms with Gasteiger partial charge in [-0.25, -0.2) is 0 Å². The molecule has 2 atom stereocenters. The molecule has 0 N–H and O–H groups in total. The molecule has 3 nitrogen and oxygen atoms in total. The van der Waals surface area contributed by atoms with Gasteiger partial charge in [0.2, 0.25) is 0 Å². The van der Waals surface area contributed by atoms with Gasteiger partial charge in [-0.1, -0.05) is 41.4 Å². The van der Waals surface area contributed by atoms with Crippen molar-refractivity contribution in [1.82, 2.24) is 0 Å². The van der Waals surface area contributed by atoms with Gasteiger partial charge in [0.05, 0.1) is 4.92 Å². The number of hydrogen-bond acceptors (Lipinski definition) is 2. The maximum Gasteiger partial charge on any atom is 0.272 e. The number of benzene rings is 1. The molecule has 1 rings (SSSR count). The minimum absolute atomic E-state index is 0.144. The zero-order chi connectivity index (χ0) is 12.3. The van der Waals surface area contributed by atoms with E-state index in [1.165, 1.54) is 0 Å². The molecule has 0 bridgehead atoms. The van der Waals surface area contributed by atoms with Gasteiger partial charge in [0.15, 0.2) is 0 Å². The van der Waals surface area contributed by atoms with Crippen LogP contribution in [0.5, 0.6) is 0 Å². The number of rotatable bonds is 4. The van der Waals surface area contributed by atoms with E-state index in [1.54, 1.807) is 12.1 Å². The van der Waals surface area contributed by atoms with Crippen molar-refractivity contribution < 1.29 is 4.92 Å². The fourth-order valence-electron chi connectivity index (χ4n) is 1.75. The van der Waals surface area contributed by atoms with Gasteiger partial charge < -0.3 is 0 Å². The first-order valence-corrected chi connectivity index (χ1v) is 6.28. The molecule has 0 aliphatic rings. The van der Waals surface area contributed by atoms with Crippen LogP contribution in [0, 0.1) is 17.0 Å². The molecule has 0 amide bonds. The largest absolute Gasteiger partial charge is 0.272 e. The summed E-state index contributed by atoms with van der Waals surface area (Å²) in [6.45, 7) is 6.04. The van der Waals surface area contributed by atoms with E-state index in [9.17, 15) is 10.1 Å². The van der Waals surface area contributed by atoms with E-state index in [2.05, 4.69) is 22.9 Å². The van der Waals surface area contributed by atoms with Crippen molar-refractivity contribution >= 4 is 21.6 Å². The van der Waals surface area contributed by atoms with E-state index in [-0.39, 0.29) is 21.4 Å². The van der Waals surface area contributed by atoms with Crippen molar-refractivity contribution in [1.29, 1.82) is 0 Å². The quantitative estimate of drug-likeness (QED) is 0.473. The van der Waals surface area contributed by atoms with Crippen molar-refractivity contribution in [2.75, 3.05) is 0 Å². The van der Waals surface area contributed by atoms with Crippen LogP contribution < -0.4 is 0 Å². The Labute approximate surface area is 104 Å². The third-order valence-electron chi connectivity index (χ3n) is 2.80. The van der Waals surface area contributed by atoms with E-state index < -0.39 is 0 Å². The molecular formula is C12H16BrNO2. The van der Waals surface area contributed by atoms with Crippen molar-refractivity contribution in [3.8, 4) is 0 Å². The lowest BCUT2D eigenvalue weighted by Gasteiger charge is -2.17. The SMILES string of the molecule is CCC(Br)C(C)c1cc(C)ccc1[N+](=O)[O-]. The van der Waals surface area contributed by atoms with Crippen LogP contribution in [0.3, 0.4) is 0 Å². The first-order valence-electron chi connectivity index (χ1n) is 5.36. The molecular weight excluding hydrogens is 270 g/mol. The Morgan fingerprint density at radius 3 is 2.62 bits per heavy atom. The van der Waals surface area contributed by atoms with Gasteiger partial charge in [-0.05, 0) is 19.4 Å². The van der Waals surface area contributed by atoms with E-state index in [0.717, 1.165) is 17.5 Å². The highest BCUT2D eigenvalue weighted by Gasteiger charge is 2.23. The average molecular weight is 286 g/mol. The van der Waals surface area contributed by atoms with Crippen LogP contribution in [0.4, 0.5) is 5.69 Å². The summed E-state index contributed by atoms with van der Waals surface area (Å²) in [5.41, 5.74) is 2.09. The highest BCUT2D eigenvalue weighted by atomic mass is 79.9. The van der Waals surface area contributed by atoms with Crippen LogP contribution in [-0.2, 0) is 0 Å². The number of hydrogen-bond donors (Lipinski definition) is 0. The summed E-state index contributed by atoms with van der Waals surface area (Å²) in [5.74, 6) is 0.144. The molecule has 0 radical (unpaired) electrons. The lowest BCUT2D eigenvalue weighted by molar-refractivity contribution is -0.385. The topological polar surface area (TPSA) is 43.1 Å². The summed E-state index contributed by atoms with van der Waals surface area (Å²) in [6.07, 6.45) is 0.951. The molecule has 2 unspecified atom stereocenters. The van der Waals surface area contributed by atoms with Gasteiger partial charge in [0.1, 0.15) is 0 Å². The molecule has 1 aromatic rings. The molecule has 0 aliphatic carbocycles. The summed E-state index contributed by atoms with van der Waals surface area (Å²) in [6, 6.07) is 5.28. The predicted molar refractivity (Wildman–Crippen MR) is 69.3 cm³/mol. The van der Waals surface area contributed by atoms with Gasteiger partial charge in [-0.15, -0.1) is 0 Å². The first-order chi connectivity index (χ1) is 7.47. The summed E-state index contributed by atoms with van der Waals surface area (Å²) in [7, 11) is 0. The Balaban J connectivity index is 3.19. The van der Waals surface area contributed by atoms with Crippen LogP contribution in [0.25, 0.3) is 0 Å². The Hall–Kier alpha value is -0.900. The summed E-state index contributed by atoms with van der Waals surface area (Å²) in [4.78, 5) is 10.9. The van der Waals surface area contributed by atoms with Gasteiger partial charge in [-0.3, -0.25) is 10.1 Å². The van der Waals surface area contributed by atoms with Crippen molar-refractivity contribution in [3.05, 3.63) is 39.4 Å². The second-order valence-electron chi connectivity index (χ2n) is 4.03. The highest BCUT2D eigenvalue weighted by molar-refractivity contribution is 9.09. The van der Waals surface area contributed by atoms with E-state index >= 15 is 0 Å². The van der Waals surface area contributed by atoms with Crippen LogP contribution in [0.2, 0.25) is 0 Å². The van der Waals surface area contributed by atoms with Crippen LogP contribution >= 0.6 is 15.9 Å². The second kappa shape index (κ2) is 5.43. The van der Waals surface area contributed by atoms with Crippen LogP contribution in [0.15, 0.2) is 18.2 Å². The Morgan fingerprint density at radius 2 is 2.12 bits per heavy atom. The minimum Gasteiger partial charge on any atom is -0.258 e. The van der Waals surface area contributed by atoms with Gasteiger partial charge in [0, 0.05) is 22.4 Å². The maximum atomic E-state index is 10.9. The predicted octanol–water partition coefficient (Wildman–Crippen LogP) is 4.18. The summed E-state index contributed by atoms with van der Waals surface area (Å²) >= 11 is 3.56. The fourth-order valence-corrected chi connectivity index (χ4v) is 2.04. The fraction of sp³-hybridized carbons (Fsp3) is 0.500. The molecule has 0 saturated heterocycles. The normalized spacial score (nSPS) is 14.5. The van der Waals surface area contributed by atoms with E-state index in [0.29, 0.717) is 0 Å². The molecule has 16 heavy (non-hydrogen) atoms. The molecule has 0 spiro atoms. The number of aryl methyl sites for hydroxylation is 1. The molecule has 88 valence electrons. The van der Waals surface area contributed by atoms with Crippen molar-refractivity contribution in [2.24, 2.45) is 0 Å². The summed E-state index contributed by atoms with van der Waals surface area (Å²) in [5, 5.41) is 10.9. The molecule has 0 heterocycles. The lowest BCUT2D eigenvalue weighted by Crippen LogP contribution is -2.10. The first kappa shape index (κ1) is 13.2. The summed E-state index contributed by atoms with van der Waals surface area (Å²) < 4.78 is 0. The zero-order valence-corrected chi connectivity index (χ0v) is 11.3. The number of nitro groups is 1. The van der Waals surface area contributed by atoms with E-state index in [4.69, 9.17) is 0 Å². The molecule has 1 aromatic carbocycles. The Bertz CT molecular complexity index is 393. The average Bonchev–Trinajstić information content (AvgIpc) is 2.26. The monoisotopic (exact) mass is 285 g/mol. The molecule has 4 heteroatoms. The smallest absolute Gasteiger partial charge is 0.258 e. The molecule has 0 fully saturated rings. The molecule has 0 aromatic heterocycles. The zero-order valence-electron chi connectivity index (χ0n) is 9.74. The molecule has 0 aliphatic heterocycles. The van der Waals surface area contributed by atoms with Crippen molar-refractivity contribution in [3.63, 3.8) is 0 Å². The maximum absolute atomic E-state index is 10.9. The Morgan fingerprint density at radius 1 is 1.50 bits per heavy atom. The van der Waals surface area contributed by atoms with E-state index in [1.807, 2.05) is 19.9 Å². The van der Waals surface area contributed by atoms with Gasteiger partial charge >= 0.3 is 0 Å². The highest BCUT2D eigenvalue weighted by Crippen LogP contribution is 2.33. The molecule has 0 saturated carbocycles. The van der Waals surface area contributed by atoms with Gasteiger partial charge in [-0.2, -0.15) is 0 Å². The number of alkyl halides is 1. The van der Waals surface area contributed by atoms with Gasteiger partial charge in [0.25, 0.3) is 5.69 Å². The number of halogens is 1. The standard InChI is InChI=1S/C12H16BrNO2/c1-4-11(13)9(3)10-7-8(2)5-6-12(10)14(15)16/h5-7,9,11H,4H2,1-3H3. The third-order valence-corrected chi connectivity index (χ3v) is 4.24. The van der Waals surface area contributed by atoms with Crippen molar-refractivity contribution in [2.45, 2.75) is 37.9 Å². The van der Waals surface area contributed by atoms with Crippen LogP contribution in [0.1, 0.15) is 37.3 Å². The second-order valence-corrected chi connectivity index (χ2v) is 5.21. The minimum atomic E-state index is -0.305. The Kier molecular flexibility index (Phi) is 4.47. The van der Waals surface area contributed by atoms with Crippen LogP contribution in [-0.4, -0.2) is 9.75 Å². The number of nitro benzene ring substituents is 1. The third kappa shape index (κ3) is 2.82. The lowest BCUT2D eigenvalue weighted by atomic mass is 9.93. The number of nitrogens with zero attached hydrogens (tertiary/aromatic N) is 1.